The van der Waals surface area contributed by atoms with Crippen LogP contribution in [0.15, 0.2) is 42.5 Å². The standard InChI is InChI=1S/C19H23FN2O2S/c1-22(13-14-24-2)12-11-21-19(23)10-8-15-7-9-18(25-15)16-5-3-4-6-17(16)20/h3-10H,11-14H2,1-2H3,(H,21,23). The molecule has 4 nitrogen and oxygen atoms in total. The molecule has 1 heterocycles. The molecule has 0 spiro atoms. The number of nitrogens with zero attached hydrogens (tertiary/aromatic N) is 1. The van der Waals surface area contributed by atoms with Crippen molar-refractivity contribution in [3.8, 4) is 10.4 Å². The first-order valence-corrected chi connectivity index (χ1v) is 8.90. The predicted octanol–water partition coefficient (Wildman–Crippen LogP) is 3.26. The van der Waals surface area contributed by atoms with Crippen molar-refractivity contribution in [2.45, 2.75) is 0 Å². The van der Waals surface area contributed by atoms with Crippen LogP contribution in [-0.4, -0.2) is 51.2 Å². The van der Waals surface area contributed by atoms with Crippen molar-refractivity contribution in [1.82, 2.24) is 10.2 Å². The van der Waals surface area contributed by atoms with Crippen molar-refractivity contribution in [2.75, 3.05) is 40.4 Å². The highest BCUT2D eigenvalue weighted by Crippen LogP contribution is 2.30. The monoisotopic (exact) mass is 362 g/mol. The van der Waals surface area contributed by atoms with Gasteiger partial charge in [-0.05, 0) is 31.3 Å². The molecule has 134 valence electrons. The summed E-state index contributed by atoms with van der Waals surface area (Å²) < 4.78 is 18.8. The van der Waals surface area contributed by atoms with Crippen molar-refractivity contribution in [2.24, 2.45) is 0 Å². The molecule has 6 heteroatoms. The number of amides is 1. The average molecular weight is 362 g/mol. The molecule has 0 aliphatic carbocycles. The van der Waals surface area contributed by atoms with Crippen molar-refractivity contribution in [1.29, 1.82) is 0 Å². The van der Waals surface area contributed by atoms with Gasteiger partial charge in [0.1, 0.15) is 5.82 Å². The molecule has 0 aliphatic heterocycles. The maximum atomic E-state index is 13.8. The Kier molecular flexibility index (Phi) is 7.78. The van der Waals surface area contributed by atoms with E-state index in [0.717, 1.165) is 22.8 Å². The minimum absolute atomic E-state index is 0.138. The zero-order chi connectivity index (χ0) is 18.1. The van der Waals surface area contributed by atoms with Gasteiger partial charge >= 0.3 is 0 Å². The van der Waals surface area contributed by atoms with Crippen LogP contribution in [0.2, 0.25) is 0 Å². The summed E-state index contributed by atoms with van der Waals surface area (Å²) in [4.78, 5) is 15.7. The molecule has 1 N–H and O–H groups in total. The predicted molar refractivity (Wildman–Crippen MR) is 101 cm³/mol. The Bertz CT molecular complexity index is 715. The number of nitrogens with one attached hydrogen (secondary N) is 1. The van der Waals surface area contributed by atoms with E-state index in [1.807, 2.05) is 25.2 Å². The van der Waals surface area contributed by atoms with Gasteiger partial charge in [-0.15, -0.1) is 11.3 Å². The second kappa shape index (κ2) is 10.1. The van der Waals surface area contributed by atoms with Crippen LogP contribution in [0.5, 0.6) is 0 Å². The summed E-state index contributed by atoms with van der Waals surface area (Å²) in [6.45, 7) is 2.84. The summed E-state index contributed by atoms with van der Waals surface area (Å²) in [6, 6.07) is 10.4. The lowest BCUT2D eigenvalue weighted by Crippen LogP contribution is -2.33. The van der Waals surface area contributed by atoms with Gasteiger partial charge < -0.3 is 15.0 Å². The molecule has 0 radical (unpaired) electrons. The highest BCUT2D eigenvalue weighted by atomic mass is 32.1. The molecule has 1 aromatic heterocycles. The molecule has 1 amide bonds. The minimum Gasteiger partial charge on any atom is -0.383 e. The van der Waals surface area contributed by atoms with Gasteiger partial charge in [0.25, 0.3) is 0 Å². The van der Waals surface area contributed by atoms with Crippen molar-refractivity contribution >= 4 is 23.3 Å². The third-order valence-corrected chi connectivity index (χ3v) is 4.72. The fourth-order valence-corrected chi connectivity index (χ4v) is 3.13. The molecule has 0 unspecified atom stereocenters. The largest absolute Gasteiger partial charge is 0.383 e. The first-order chi connectivity index (χ1) is 12.1. The lowest BCUT2D eigenvalue weighted by atomic mass is 10.2. The van der Waals surface area contributed by atoms with Gasteiger partial charge in [-0.2, -0.15) is 0 Å². The lowest BCUT2D eigenvalue weighted by Gasteiger charge is -2.15. The number of ether oxygens (including phenoxy) is 1. The Balaban J connectivity index is 1.82. The van der Waals surface area contributed by atoms with Crippen molar-refractivity contribution in [3.05, 3.63) is 53.2 Å². The van der Waals surface area contributed by atoms with E-state index in [0.29, 0.717) is 18.7 Å². The maximum Gasteiger partial charge on any atom is 0.244 e. The maximum absolute atomic E-state index is 13.8. The van der Waals surface area contributed by atoms with Gasteiger partial charge in [0.05, 0.1) is 6.61 Å². The number of benzene rings is 1. The summed E-state index contributed by atoms with van der Waals surface area (Å²) in [5, 5.41) is 2.84. The molecule has 0 bridgehead atoms. The Morgan fingerprint density at radius 2 is 2.08 bits per heavy atom. The van der Waals surface area contributed by atoms with Crippen molar-refractivity contribution in [3.63, 3.8) is 0 Å². The number of halogens is 1. The molecule has 0 atom stereocenters. The fourth-order valence-electron chi connectivity index (χ4n) is 2.19. The zero-order valence-corrected chi connectivity index (χ0v) is 15.3. The number of hydrogen-bond donors (Lipinski definition) is 1. The summed E-state index contributed by atoms with van der Waals surface area (Å²) in [5.41, 5.74) is 0.579. The Morgan fingerprint density at radius 3 is 2.84 bits per heavy atom. The molecular weight excluding hydrogens is 339 g/mol. The Labute approximate surface area is 151 Å². The van der Waals surface area contributed by atoms with E-state index in [4.69, 9.17) is 4.74 Å². The Hall–Kier alpha value is -2.02. The molecular formula is C19H23FN2O2S. The average Bonchev–Trinajstić information content (AvgIpc) is 3.07. The number of thiophene rings is 1. The third kappa shape index (κ3) is 6.42. The van der Waals surface area contributed by atoms with Crippen LogP contribution in [0.25, 0.3) is 16.5 Å². The van der Waals surface area contributed by atoms with Crippen LogP contribution >= 0.6 is 11.3 Å². The molecule has 0 aliphatic rings. The minimum atomic E-state index is -0.241. The Morgan fingerprint density at radius 1 is 1.28 bits per heavy atom. The molecule has 0 saturated carbocycles. The zero-order valence-electron chi connectivity index (χ0n) is 14.5. The molecule has 0 fully saturated rings. The van der Waals surface area contributed by atoms with Gasteiger partial charge in [-0.25, -0.2) is 4.39 Å². The van der Waals surface area contributed by atoms with Gasteiger partial charge in [0.15, 0.2) is 0 Å². The number of hydrogen-bond acceptors (Lipinski definition) is 4. The van der Waals surface area contributed by atoms with Crippen LogP contribution in [0, 0.1) is 5.82 Å². The number of carbonyl (C=O) groups is 1. The number of methoxy groups -OCH3 is 1. The van der Waals surface area contributed by atoms with Gasteiger partial charge in [-0.3, -0.25) is 4.79 Å². The smallest absolute Gasteiger partial charge is 0.244 e. The van der Waals surface area contributed by atoms with Crippen molar-refractivity contribution < 1.29 is 13.9 Å². The quantitative estimate of drug-likeness (QED) is 0.696. The van der Waals surface area contributed by atoms with Crippen LogP contribution in [-0.2, 0) is 9.53 Å². The van der Waals surface area contributed by atoms with Crippen LogP contribution in [0.1, 0.15) is 4.88 Å². The topological polar surface area (TPSA) is 41.6 Å². The highest BCUT2D eigenvalue weighted by molar-refractivity contribution is 7.16. The molecule has 1 aromatic carbocycles. The second-order valence-electron chi connectivity index (χ2n) is 5.60. The van der Waals surface area contributed by atoms with E-state index >= 15 is 0 Å². The number of carbonyl (C=O) groups excluding carboxylic acids is 1. The van der Waals surface area contributed by atoms with E-state index in [2.05, 4.69) is 10.2 Å². The first-order valence-electron chi connectivity index (χ1n) is 8.08. The van der Waals surface area contributed by atoms with Crippen LogP contribution in [0.4, 0.5) is 4.39 Å². The summed E-state index contributed by atoms with van der Waals surface area (Å²) >= 11 is 1.45. The van der Waals surface area contributed by atoms with Gasteiger partial charge in [-0.1, -0.05) is 18.2 Å². The molecule has 2 rings (SSSR count). The lowest BCUT2D eigenvalue weighted by molar-refractivity contribution is -0.116. The van der Waals surface area contributed by atoms with Crippen LogP contribution in [0.3, 0.4) is 0 Å². The highest BCUT2D eigenvalue weighted by Gasteiger charge is 2.06. The molecule has 2 aromatic rings. The van der Waals surface area contributed by atoms with E-state index in [-0.39, 0.29) is 11.7 Å². The van der Waals surface area contributed by atoms with Crippen LogP contribution < -0.4 is 5.32 Å². The number of rotatable bonds is 9. The normalized spacial score (nSPS) is 11.4. The molecule has 25 heavy (non-hydrogen) atoms. The van der Waals surface area contributed by atoms with E-state index in [9.17, 15) is 9.18 Å². The first kappa shape index (κ1) is 19.3. The second-order valence-corrected chi connectivity index (χ2v) is 6.72. The summed E-state index contributed by atoms with van der Waals surface area (Å²) in [6.07, 6.45) is 3.26. The molecule has 0 saturated heterocycles. The number of likely N-dealkylation sites (N-methyl/N-ethyl adjacent to an activating group) is 1. The SMILES string of the molecule is COCCN(C)CCNC(=O)C=Cc1ccc(-c2ccccc2F)s1. The fraction of sp³-hybridized carbons (Fsp3) is 0.316. The summed E-state index contributed by atoms with van der Waals surface area (Å²) in [7, 11) is 3.65. The van der Waals surface area contributed by atoms with E-state index in [1.165, 1.54) is 23.5 Å². The van der Waals surface area contributed by atoms with E-state index < -0.39 is 0 Å². The third-order valence-electron chi connectivity index (χ3n) is 3.63. The van der Waals surface area contributed by atoms with Gasteiger partial charge in [0, 0.05) is 48.1 Å². The summed E-state index contributed by atoms with van der Waals surface area (Å²) in [5.74, 6) is -0.379. The van der Waals surface area contributed by atoms with Gasteiger partial charge in [0.2, 0.25) is 5.91 Å². The van der Waals surface area contributed by atoms with E-state index in [1.54, 1.807) is 25.3 Å².